The number of nitrogens with one attached hydrogen (secondary N) is 1. The number of likely N-dealkylation sites (N-methyl/N-ethyl adjacent to an activating group) is 1. The molecule has 4 heteroatoms. The quantitative estimate of drug-likeness (QED) is 0.885. The molecule has 2 nitrogen and oxygen atoms in total. The van der Waals surface area contributed by atoms with Gasteiger partial charge in [-0.15, -0.1) is 0 Å². The summed E-state index contributed by atoms with van der Waals surface area (Å²) in [5.74, 6) is 0.633. The Labute approximate surface area is 124 Å². The highest BCUT2D eigenvalue weighted by atomic mass is 19.1. The van der Waals surface area contributed by atoms with Crippen molar-refractivity contribution < 1.29 is 13.2 Å². The summed E-state index contributed by atoms with van der Waals surface area (Å²) in [6.45, 7) is 8.45. The molecule has 0 fully saturated rings. The Kier molecular flexibility index (Phi) is 4.78. The van der Waals surface area contributed by atoms with E-state index in [4.69, 9.17) is 4.42 Å². The number of benzene rings is 1. The Hall–Kier alpha value is -1.68. The van der Waals surface area contributed by atoms with Crippen molar-refractivity contribution in [2.45, 2.75) is 40.2 Å². The van der Waals surface area contributed by atoms with E-state index in [0.717, 1.165) is 22.6 Å². The minimum absolute atomic E-state index is 0.112. The van der Waals surface area contributed by atoms with E-state index >= 15 is 0 Å². The maximum absolute atomic E-state index is 13.9. The average Bonchev–Trinajstić information content (AvgIpc) is 2.67. The fourth-order valence-electron chi connectivity index (χ4n) is 2.78. The minimum atomic E-state index is -0.506. The van der Waals surface area contributed by atoms with Crippen LogP contribution in [0, 0.1) is 32.4 Å². The molecule has 0 radical (unpaired) electrons. The van der Waals surface area contributed by atoms with Crippen molar-refractivity contribution in [3.63, 3.8) is 0 Å². The van der Waals surface area contributed by atoms with Crippen LogP contribution in [0.4, 0.5) is 8.78 Å². The smallest absolute Gasteiger partial charge is 0.129 e. The fraction of sp³-hybridized carbons (Fsp3) is 0.412. The molecule has 0 spiro atoms. The van der Waals surface area contributed by atoms with Crippen molar-refractivity contribution in [2.24, 2.45) is 0 Å². The highest BCUT2D eigenvalue weighted by molar-refractivity contribution is 5.36. The van der Waals surface area contributed by atoms with Gasteiger partial charge in [-0.3, -0.25) is 0 Å². The van der Waals surface area contributed by atoms with E-state index in [9.17, 15) is 8.78 Å². The summed E-state index contributed by atoms with van der Waals surface area (Å²) >= 11 is 0. The molecule has 0 saturated carbocycles. The zero-order chi connectivity index (χ0) is 15.6. The Bertz CT molecular complexity index is 614. The van der Waals surface area contributed by atoms with Crippen LogP contribution in [0.15, 0.2) is 22.6 Å². The zero-order valence-corrected chi connectivity index (χ0v) is 12.9. The molecule has 114 valence electrons. The third kappa shape index (κ3) is 3.16. The van der Waals surface area contributed by atoms with Crippen LogP contribution in [0.1, 0.15) is 41.2 Å². The molecule has 2 rings (SSSR count). The van der Waals surface area contributed by atoms with E-state index in [0.29, 0.717) is 6.54 Å². The second-order valence-electron chi connectivity index (χ2n) is 5.27. The third-order valence-electron chi connectivity index (χ3n) is 3.89. The Balaban J connectivity index is 2.40. The van der Waals surface area contributed by atoms with Crippen LogP contribution in [0.2, 0.25) is 0 Å². The topological polar surface area (TPSA) is 25.2 Å². The Morgan fingerprint density at radius 2 is 1.71 bits per heavy atom. The molecule has 1 heterocycles. The molecule has 21 heavy (non-hydrogen) atoms. The number of rotatable bonds is 5. The third-order valence-corrected chi connectivity index (χ3v) is 3.89. The molecule has 1 aromatic carbocycles. The second kappa shape index (κ2) is 6.39. The lowest BCUT2D eigenvalue weighted by molar-refractivity contribution is 0.473. The normalized spacial score (nSPS) is 12.7. The SMILES string of the molecule is CCNC(Cc1c(F)cccc1F)c1c(C)oc(C)c1C. The number of halogens is 2. The summed E-state index contributed by atoms with van der Waals surface area (Å²) in [7, 11) is 0. The maximum Gasteiger partial charge on any atom is 0.129 e. The second-order valence-corrected chi connectivity index (χ2v) is 5.27. The van der Waals surface area contributed by atoms with Crippen molar-refractivity contribution in [2.75, 3.05) is 6.54 Å². The van der Waals surface area contributed by atoms with Crippen molar-refractivity contribution in [3.05, 3.63) is 58.0 Å². The van der Waals surface area contributed by atoms with Gasteiger partial charge >= 0.3 is 0 Å². The van der Waals surface area contributed by atoms with Gasteiger partial charge in [-0.2, -0.15) is 0 Å². The molecule has 0 saturated heterocycles. The molecule has 1 N–H and O–H groups in total. The molecular formula is C17H21F2NO. The number of hydrogen-bond donors (Lipinski definition) is 1. The lowest BCUT2D eigenvalue weighted by Gasteiger charge is -2.19. The molecule has 0 amide bonds. The molecule has 0 aliphatic carbocycles. The zero-order valence-electron chi connectivity index (χ0n) is 12.9. The number of furan rings is 1. The van der Waals surface area contributed by atoms with Gasteiger partial charge in [0.05, 0.1) is 0 Å². The molecule has 1 atom stereocenters. The first-order chi connectivity index (χ1) is 9.95. The largest absolute Gasteiger partial charge is 0.466 e. The van der Waals surface area contributed by atoms with Crippen molar-refractivity contribution in [3.8, 4) is 0 Å². The van der Waals surface area contributed by atoms with Gasteiger partial charge in [0.25, 0.3) is 0 Å². The summed E-state index contributed by atoms with van der Waals surface area (Å²) in [4.78, 5) is 0. The Morgan fingerprint density at radius 3 is 2.19 bits per heavy atom. The molecule has 2 aromatic rings. The standard InChI is InChI=1S/C17H21F2NO/c1-5-20-16(17-10(2)11(3)21-12(17)4)9-13-14(18)7-6-8-15(13)19/h6-8,16,20H,5,9H2,1-4H3. The van der Waals surface area contributed by atoms with E-state index in [-0.39, 0.29) is 18.0 Å². The number of hydrogen-bond acceptors (Lipinski definition) is 2. The fourth-order valence-corrected chi connectivity index (χ4v) is 2.78. The van der Waals surface area contributed by atoms with Crippen LogP contribution in [-0.2, 0) is 6.42 Å². The average molecular weight is 293 g/mol. The summed E-state index contributed by atoms with van der Waals surface area (Å²) < 4.78 is 33.4. The maximum atomic E-state index is 13.9. The first kappa shape index (κ1) is 15.7. The van der Waals surface area contributed by atoms with Crippen molar-refractivity contribution >= 4 is 0 Å². The first-order valence-electron chi connectivity index (χ1n) is 7.18. The molecule has 0 aliphatic rings. The van der Waals surface area contributed by atoms with Crippen LogP contribution in [-0.4, -0.2) is 6.54 Å². The van der Waals surface area contributed by atoms with E-state index in [1.807, 2.05) is 27.7 Å². The van der Waals surface area contributed by atoms with Gasteiger partial charge in [0, 0.05) is 17.2 Å². The van der Waals surface area contributed by atoms with Gasteiger partial charge in [0.15, 0.2) is 0 Å². The predicted molar refractivity (Wildman–Crippen MR) is 79.4 cm³/mol. The van der Waals surface area contributed by atoms with Gasteiger partial charge in [0.1, 0.15) is 23.2 Å². The minimum Gasteiger partial charge on any atom is -0.466 e. The summed E-state index contributed by atoms with van der Waals surface area (Å²) in [6, 6.07) is 3.80. The molecule has 0 bridgehead atoms. The van der Waals surface area contributed by atoms with E-state index in [1.165, 1.54) is 18.2 Å². The van der Waals surface area contributed by atoms with Gasteiger partial charge in [-0.05, 0) is 51.4 Å². The van der Waals surface area contributed by atoms with Crippen LogP contribution in [0.25, 0.3) is 0 Å². The number of aryl methyl sites for hydroxylation is 2. The van der Waals surface area contributed by atoms with Crippen molar-refractivity contribution in [1.82, 2.24) is 5.32 Å². The molecule has 1 unspecified atom stereocenters. The van der Waals surface area contributed by atoms with Crippen LogP contribution < -0.4 is 5.32 Å². The van der Waals surface area contributed by atoms with Gasteiger partial charge in [0.2, 0.25) is 0 Å². The highest BCUT2D eigenvalue weighted by Gasteiger charge is 2.23. The van der Waals surface area contributed by atoms with E-state index in [1.54, 1.807) is 0 Å². The highest BCUT2D eigenvalue weighted by Crippen LogP contribution is 2.30. The molecule has 0 aliphatic heterocycles. The van der Waals surface area contributed by atoms with Crippen LogP contribution in [0.5, 0.6) is 0 Å². The van der Waals surface area contributed by atoms with E-state index < -0.39 is 11.6 Å². The van der Waals surface area contributed by atoms with E-state index in [2.05, 4.69) is 5.32 Å². The lowest BCUT2D eigenvalue weighted by Crippen LogP contribution is -2.24. The monoisotopic (exact) mass is 293 g/mol. The molecular weight excluding hydrogens is 272 g/mol. The van der Waals surface area contributed by atoms with Crippen LogP contribution in [0.3, 0.4) is 0 Å². The van der Waals surface area contributed by atoms with Gasteiger partial charge < -0.3 is 9.73 Å². The first-order valence-corrected chi connectivity index (χ1v) is 7.18. The summed E-state index contributed by atoms with van der Waals surface area (Å²) in [6.07, 6.45) is 0.257. The summed E-state index contributed by atoms with van der Waals surface area (Å²) in [5.41, 5.74) is 2.15. The van der Waals surface area contributed by atoms with Gasteiger partial charge in [-0.1, -0.05) is 13.0 Å². The lowest BCUT2D eigenvalue weighted by atomic mass is 9.95. The summed E-state index contributed by atoms with van der Waals surface area (Å²) in [5, 5.41) is 3.30. The van der Waals surface area contributed by atoms with Crippen LogP contribution >= 0.6 is 0 Å². The van der Waals surface area contributed by atoms with Gasteiger partial charge in [-0.25, -0.2) is 8.78 Å². The van der Waals surface area contributed by atoms with Crippen molar-refractivity contribution in [1.29, 1.82) is 0 Å². The predicted octanol–water partition coefficient (Wildman–Crippen LogP) is 4.38. The Morgan fingerprint density at radius 1 is 1.10 bits per heavy atom. The molecule has 1 aromatic heterocycles.